The van der Waals surface area contributed by atoms with Gasteiger partial charge in [-0.1, -0.05) is 0 Å². The molecule has 2 N–H and O–H groups in total. The number of hydrogen-bond acceptors (Lipinski definition) is 6. The van der Waals surface area contributed by atoms with Gasteiger partial charge >= 0.3 is 36.0 Å². The van der Waals surface area contributed by atoms with Gasteiger partial charge in [0.2, 0.25) is 20.0 Å². The van der Waals surface area contributed by atoms with Gasteiger partial charge in [-0.25, -0.2) is 61.4 Å². The van der Waals surface area contributed by atoms with Gasteiger partial charge in [-0.3, -0.25) is 0 Å². The molecule has 0 bridgehead atoms. The van der Waals surface area contributed by atoms with Crippen molar-refractivity contribution >= 4 is 20.0 Å². The predicted molar refractivity (Wildman–Crippen MR) is 160 cm³/mol. The lowest BCUT2D eigenvalue weighted by Gasteiger charge is -2.33. The Morgan fingerprint density at radius 3 is 0.911 bits per heavy atom. The molecule has 56 heavy (non-hydrogen) atoms. The first-order valence-corrected chi connectivity index (χ1v) is 18.7. The summed E-state index contributed by atoms with van der Waals surface area (Å²) < 4.78 is 306. The van der Waals surface area contributed by atoms with Crippen LogP contribution in [0.5, 0.6) is 0 Å². The summed E-state index contributed by atoms with van der Waals surface area (Å²) in [6.07, 6.45) is -39.8. The van der Waals surface area contributed by atoms with Gasteiger partial charge in [0.25, 0.3) is 17.8 Å². The van der Waals surface area contributed by atoms with Crippen LogP contribution >= 0.6 is 0 Å². The minimum Gasteiger partial charge on any atom is -0.309 e. The lowest BCUT2D eigenvalue weighted by Crippen LogP contribution is -2.56. The Morgan fingerprint density at radius 2 is 0.661 bits per heavy atom. The summed E-state index contributed by atoms with van der Waals surface area (Å²) in [6.45, 7) is 0.530. The summed E-state index contributed by atoms with van der Waals surface area (Å²) in [5, 5.41) is 0. The molecule has 0 saturated carbocycles. The third kappa shape index (κ3) is 20.3. The van der Waals surface area contributed by atoms with E-state index in [0.717, 1.165) is 0 Å². The van der Waals surface area contributed by atoms with Crippen LogP contribution in [0.15, 0.2) is 0 Å². The van der Waals surface area contributed by atoms with E-state index in [1.165, 1.54) is 0 Å². The zero-order valence-electron chi connectivity index (χ0n) is 29.6. The zero-order chi connectivity index (χ0) is 45.3. The number of sulfonamides is 2. The average molecular weight is 917 g/mol. The van der Waals surface area contributed by atoms with Gasteiger partial charge < -0.3 is 9.80 Å². The second-order valence-electron chi connectivity index (χ2n) is 12.9. The molecule has 0 aromatic heterocycles. The van der Waals surface area contributed by atoms with Crippen LogP contribution in [-0.4, -0.2) is 146 Å². The molecule has 0 saturated heterocycles. The number of halogens is 20. The molecule has 0 aliphatic carbocycles. The van der Waals surface area contributed by atoms with E-state index >= 15 is 0 Å². The van der Waals surface area contributed by atoms with Gasteiger partial charge in [-0.2, -0.15) is 52.7 Å². The van der Waals surface area contributed by atoms with Crippen LogP contribution in [0.3, 0.4) is 0 Å². The van der Waals surface area contributed by atoms with Crippen molar-refractivity contribution in [2.24, 2.45) is 0 Å². The van der Waals surface area contributed by atoms with E-state index in [9.17, 15) is 105 Å². The van der Waals surface area contributed by atoms with E-state index in [-0.39, 0.29) is 19.5 Å². The summed E-state index contributed by atoms with van der Waals surface area (Å²) in [7, 11) is -2.06. The van der Waals surface area contributed by atoms with Crippen LogP contribution in [0.1, 0.15) is 44.9 Å². The molecule has 0 heterocycles. The molecule has 0 aliphatic rings. The first-order valence-electron chi connectivity index (χ1n) is 15.4. The largest absolute Gasteiger partial charge is 0.431 e. The summed E-state index contributed by atoms with van der Waals surface area (Å²) >= 11 is 0. The maximum absolute atomic E-state index is 13.6. The number of nitrogens with zero attached hydrogens (tertiary/aromatic N) is 2. The highest BCUT2D eigenvalue weighted by Crippen LogP contribution is 2.53. The van der Waals surface area contributed by atoms with Crippen molar-refractivity contribution in [1.82, 2.24) is 19.2 Å². The maximum Gasteiger partial charge on any atom is 0.431 e. The Labute approximate surface area is 308 Å². The highest BCUT2D eigenvalue weighted by Gasteiger charge is 2.76. The molecule has 0 spiro atoms. The molecule has 0 unspecified atom stereocenters. The fraction of sp³-hybridized carbons (Fsp3) is 1.00. The normalized spacial score (nSPS) is 15.0. The molecule has 0 aliphatic heterocycles. The second kappa shape index (κ2) is 20.1. The van der Waals surface area contributed by atoms with Crippen molar-refractivity contribution < 1.29 is 105 Å². The predicted octanol–water partition coefficient (Wildman–Crippen LogP) is 7.24. The minimum absolute atomic E-state index is 0.162. The molecule has 340 valence electrons. The van der Waals surface area contributed by atoms with Crippen molar-refractivity contribution in [2.45, 2.75) is 98.8 Å². The van der Waals surface area contributed by atoms with E-state index in [1.54, 1.807) is 38.0 Å². The first-order chi connectivity index (χ1) is 24.4. The van der Waals surface area contributed by atoms with Gasteiger partial charge in [0, 0.05) is 25.9 Å². The quantitative estimate of drug-likeness (QED) is 0.0879. The molecular weight excluding hydrogens is 876 g/mol. The van der Waals surface area contributed by atoms with Gasteiger partial charge in [0.05, 0.1) is 30.8 Å². The standard InChI is InChI=1S/C14H21F11N2O2S.C12H19F9N2O2S/c1-27(2)6-3-5-26-30(28,29)7-4-10(15,16)8-11(17,18)9-12(19,13(20,21)22)14(23,24)25;1-23(2)6-3-5-22-26(24,25)7-4-9(13,14)8-10(15,11(16,17)18)12(19,20)21/h26H,3-9H2,1-2H3;22H,3-8H2,1-2H3. The Hall–Kier alpha value is -1.66. The van der Waals surface area contributed by atoms with Crippen molar-refractivity contribution in [3.05, 3.63) is 0 Å². The molecule has 0 fully saturated rings. The highest BCUT2D eigenvalue weighted by atomic mass is 32.2. The lowest BCUT2D eigenvalue weighted by atomic mass is 9.92. The van der Waals surface area contributed by atoms with Gasteiger partial charge in [0.15, 0.2) is 0 Å². The summed E-state index contributed by atoms with van der Waals surface area (Å²) in [6, 6.07) is 0. The zero-order valence-corrected chi connectivity index (χ0v) is 31.2. The van der Waals surface area contributed by atoms with Crippen LogP contribution in [0, 0.1) is 0 Å². The molecule has 8 nitrogen and oxygen atoms in total. The van der Waals surface area contributed by atoms with Crippen LogP contribution in [0.2, 0.25) is 0 Å². The molecule has 0 aromatic carbocycles. The van der Waals surface area contributed by atoms with E-state index in [4.69, 9.17) is 0 Å². The smallest absolute Gasteiger partial charge is 0.309 e. The fourth-order valence-electron chi connectivity index (χ4n) is 4.01. The van der Waals surface area contributed by atoms with E-state index in [1.807, 2.05) is 9.44 Å². The van der Waals surface area contributed by atoms with Crippen LogP contribution < -0.4 is 9.44 Å². The molecule has 30 heteroatoms. The Morgan fingerprint density at radius 1 is 0.411 bits per heavy atom. The van der Waals surface area contributed by atoms with E-state index in [0.29, 0.717) is 19.5 Å². The first kappa shape index (κ1) is 56.4. The Kier molecular flexibility index (Phi) is 20.2. The lowest BCUT2D eigenvalue weighted by molar-refractivity contribution is -0.356. The highest BCUT2D eigenvalue weighted by molar-refractivity contribution is 7.89. The van der Waals surface area contributed by atoms with Crippen LogP contribution in [-0.2, 0) is 20.0 Å². The number of nitrogens with one attached hydrogen (secondary N) is 2. The van der Waals surface area contributed by atoms with Crippen molar-refractivity contribution in [2.75, 3.05) is 65.9 Å². The van der Waals surface area contributed by atoms with Crippen molar-refractivity contribution in [1.29, 1.82) is 0 Å². The topological polar surface area (TPSA) is 98.8 Å². The Balaban J connectivity index is 0. The third-order valence-electron chi connectivity index (χ3n) is 7.00. The number of alkyl halides is 20. The minimum atomic E-state index is -6.83. The molecule has 0 rings (SSSR count). The molecule has 0 amide bonds. The van der Waals surface area contributed by atoms with Gasteiger partial charge in [-0.05, 0) is 54.1 Å². The van der Waals surface area contributed by atoms with Gasteiger partial charge in [0.1, 0.15) is 0 Å². The monoisotopic (exact) mass is 916 g/mol. The van der Waals surface area contributed by atoms with Crippen LogP contribution in [0.4, 0.5) is 87.8 Å². The summed E-state index contributed by atoms with van der Waals surface area (Å²) in [4.78, 5) is 3.37. The average Bonchev–Trinajstić information content (AvgIpc) is 2.93. The fourth-order valence-corrected chi connectivity index (χ4v) is 6.34. The molecular formula is C26H40F20N4O4S2. The molecule has 0 radical (unpaired) electrons. The second-order valence-corrected chi connectivity index (χ2v) is 16.8. The van der Waals surface area contributed by atoms with E-state index in [2.05, 4.69) is 0 Å². The Bertz CT molecular complexity index is 1370. The SMILES string of the molecule is CN(C)CCCNS(=O)(=O)CCC(F)(F)CC(F)(C(F)(F)F)C(F)(F)F.CN(C)CCCNS(=O)(=O)CCC(F)(F)CC(F)(F)CC(F)(C(F)(F)F)C(F)(F)F. The number of rotatable bonds is 22. The van der Waals surface area contributed by atoms with E-state index < -0.39 is 117 Å². The van der Waals surface area contributed by atoms with Gasteiger partial charge in [-0.15, -0.1) is 0 Å². The van der Waals surface area contributed by atoms with Crippen molar-refractivity contribution in [3.63, 3.8) is 0 Å². The number of hydrogen-bond donors (Lipinski definition) is 2. The van der Waals surface area contributed by atoms with Crippen molar-refractivity contribution in [3.8, 4) is 0 Å². The van der Waals surface area contributed by atoms with Crippen LogP contribution in [0.25, 0.3) is 0 Å². The maximum atomic E-state index is 13.6. The third-order valence-corrected chi connectivity index (χ3v) is 9.77. The molecule has 0 aromatic rings. The molecule has 0 atom stereocenters. The summed E-state index contributed by atoms with van der Waals surface area (Å²) in [5.74, 6) is -17.8. The summed E-state index contributed by atoms with van der Waals surface area (Å²) in [5.41, 5.74) is -12.6.